The molecule has 28 heavy (non-hydrogen) atoms. The van der Waals surface area contributed by atoms with E-state index in [0.717, 1.165) is 63.4 Å². The number of benzene rings is 1. The Morgan fingerprint density at radius 2 is 1.86 bits per heavy atom. The van der Waals surface area contributed by atoms with Gasteiger partial charge in [-0.05, 0) is 57.1 Å². The normalized spacial score (nSPS) is 20.3. The van der Waals surface area contributed by atoms with E-state index in [1.807, 2.05) is 12.1 Å². The quantitative estimate of drug-likeness (QED) is 0.665. The number of esters is 1. The molecule has 1 spiro atoms. The fraction of sp³-hybridized carbons (Fsp3) is 0.650. The molecule has 160 valence electrons. The number of nitrogens with zero attached hydrogens (tertiary/aromatic N) is 1. The molecule has 1 N–H and O–H groups in total. The van der Waals surface area contributed by atoms with Crippen molar-refractivity contribution in [3.05, 3.63) is 23.8 Å². The van der Waals surface area contributed by atoms with E-state index in [2.05, 4.69) is 23.3 Å². The molecule has 0 amide bonds. The van der Waals surface area contributed by atoms with Crippen LogP contribution in [0.5, 0.6) is 11.5 Å². The SMILES string of the molecule is COc1ccc(CCN(C)CC2CC3(CCNCC3)C(=O)O2)cc1OC.Cl.Cl. The highest BCUT2D eigenvalue weighted by atomic mass is 35.5. The average Bonchev–Trinajstić information content (AvgIpc) is 2.94. The largest absolute Gasteiger partial charge is 0.493 e. The Bertz CT molecular complexity index is 639. The molecule has 0 saturated carbocycles. The Kier molecular flexibility index (Phi) is 9.84. The topological polar surface area (TPSA) is 60.0 Å². The van der Waals surface area contributed by atoms with E-state index < -0.39 is 0 Å². The predicted molar refractivity (Wildman–Crippen MR) is 114 cm³/mol. The molecule has 2 aliphatic rings. The number of cyclic esters (lactones) is 1. The van der Waals surface area contributed by atoms with Gasteiger partial charge in [-0.1, -0.05) is 6.07 Å². The maximum absolute atomic E-state index is 12.4. The fourth-order valence-electron chi connectivity index (χ4n) is 4.05. The van der Waals surface area contributed by atoms with Crippen LogP contribution in [0.15, 0.2) is 18.2 Å². The first-order chi connectivity index (χ1) is 12.6. The summed E-state index contributed by atoms with van der Waals surface area (Å²) in [4.78, 5) is 14.6. The van der Waals surface area contributed by atoms with Crippen molar-refractivity contribution in [3.63, 3.8) is 0 Å². The number of carbonyl (C=O) groups is 1. The second kappa shape index (κ2) is 11.1. The summed E-state index contributed by atoms with van der Waals surface area (Å²) in [6.07, 6.45) is 3.58. The zero-order chi connectivity index (χ0) is 18.6. The van der Waals surface area contributed by atoms with Gasteiger partial charge in [0.1, 0.15) is 6.10 Å². The van der Waals surface area contributed by atoms with E-state index >= 15 is 0 Å². The summed E-state index contributed by atoms with van der Waals surface area (Å²) in [6, 6.07) is 6.02. The van der Waals surface area contributed by atoms with Crippen molar-refractivity contribution >= 4 is 30.8 Å². The van der Waals surface area contributed by atoms with Crippen molar-refractivity contribution in [3.8, 4) is 11.5 Å². The van der Waals surface area contributed by atoms with Crippen molar-refractivity contribution < 1.29 is 19.0 Å². The molecule has 6 nitrogen and oxygen atoms in total. The van der Waals surface area contributed by atoms with Gasteiger partial charge < -0.3 is 24.4 Å². The van der Waals surface area contributed by atoms with Gasteiger partial charge in [0.15, 0.2) is 11.5 Å². The summed E-state index contributed by atoms with van der Waals surface area (Å²) in [6.45, 7) is 3.51. The number of ether oxygens (including phenoxy) is 3. The lowest BCUT2D eigenvalue weighted by Gasteiger charge is -2.29. The third-order valence-electron chi connectivity index (χ3n) is 5.63. The molecule has 1 aromatic rings. The molecule has 3 rings (SSSR count). The van der Waals surface area contributed by atoms with Crippen LogP contribution in [-0.2, 0) is 16.0 Å². The van der Waals surface area contributed by atoms with Crippen LogP contribution in [0.25, 0.3) is 0 Å². The standard InChI is InChI=1S/C20H30N2O4.2ClH/c1-22(11-6-15-4-5-17(24-2)18(12-15)25-3)14-16-13-20(19(23)26-16)7-9-21-10-8-20;;/h4-5,12,16,21H,6-11,13-14H2,1-3H3;2*1H. The highest BCUT2D eigenvalue weighted by Crippen LogP contribution is 2.41. The van der Waals surface area contributed by atoms with Crippen molar-refractivity contribution in [2.24, 2.45) is 5.41 Å². The minimum absolute atomic E-state index is 0. The third-order valence-corrected chi connectivity index (χ3v) is 5.63. The summed E-state index contributed by atoms with van der Waals surface area (Å²) in [7, 11) is 5.38. The summed E-state index contributed by atoms with van der Waals surface area (Å²) < 4.78 is 16.3. The molecule has 2 fully saturated rings. The number of rotatable bonds is 7. The van der Waals surface area contributed by atoms with Crippen molar-refractivity contribution in [2.75, 3.05) is 47.4 Å². The highest BCUT2D eigenvalue weighted by molar-refractivity contribution is 5.85. The fourth-order valence-corrected chi connectivity index (χ4v) is 4.05. The van der Waals surface area contributed by atoms with E-state index in [0.29, 0.717) is 0 Å². The molecule has 2 heterocycles. The maximum Gasteiger partial charge on any atom is 0.312 e. The number of nitrogens with one attached hydrogen (secondary N) is 1. The van der Waals surface area contributed by atoms with Gasteiger partial charge in [0, 0.05) is 19.5 Å². The second-order valence-electron chi connectivity index (χ2n) is 7.46. The number of carbonyl (C=O) groups excluding carboxylic acids is 1. The van der Waals surface area contributed by atoms with Crippen LogP contribution in [0, 0.1) is 5.41 Å². The number of methoxy groups -OCH3 is 2. The first kappa shape index (κ1) is 24.8. The lowest BCUT2D eigenvalue weighted by molar-refractivity contribution is -0.150. The van der Waals surface area contributed by atoms with E-state index in [4.69, 9.17) is 14.2 Å². The van der Waals surface area contributed by atoms with Crippen LogP contribution < -0.4 is 14.8 Å². The van der Waals surface area contributed by atoms with E-state index in [1.165, 1.54) is 5.56 Å². The van der Waals surface area contributed by atoms with Gasteiger partial charge in [-0.3, -0.25) is 4.79 Å². The summed E-state index contributed by atoms with van der Waals surface area (Å²) in [5.74, 6) is 1.51. The summed E-state index contributed by atoms with van der Waals surface area (Å²) in [5.41, 5.74) is 0.966. The van der Waals surface area contributed by atoms with Crippen LogP contribution in [0.3, 0.4) is 0 Å². The van der Waals surface area contributed by atoms with Crippen molar-refractivity contribution in [1.29, 1.82) is 0 Å². The van der Waals surface area contributed by atoms with Crippen LogP contribution in [-0.4, -0.2) is 64.4 Å². The van der Waals surface area contributed by atoms with Gasteiger partial charge in [-0.2, -0.15) is 0 Å². The van der Waals surface area contributed by atoms with E-state index in [-0.39, 0.29) is 42.3 Å². The van der Waals surface area contributed by atoms with Crippen LogP contribution >= 0.6 is 24.8 Å². The Labute approximate surface area is 180 Å². The molecular weight excluding hydrogens is 403 g/mol. The second-order valence-corrected chi connectivity index (χ2v) is 7.46. The minimum Gasteiger partial charge on any atom is -0.493 e. The summed E-state index contributed by atoms with van der Waals surface area (Å²) in [5, 5.41) is 3.33. The molecule has 0 aromatic heterocycles. The Morgan fingerprint density at radius 1 is 1.18 bits per heavy atom. The van der Waals surface area contributed by atoms with Gasteiger partial charge in [0.2, 0.25) is 0 Å². The maximum atomic E-state index is 12.4. The molecule has 1 atom stereocenters. The van der Waals surface area contributed by atoms with Crippen molar-refractivity contribution in [2.45, 2.75) is 31.8 Å². The average molecular weight is 435 g/mol. The smallest absolute Gasteiger partial charge is 0.312 e. The number of likely N-dealkylation sites (N-methyl/N-ethyl adjacent to an activating group) is 1. The molecule has 2 aliphatic heterocycles. The van der Waals surface area contributed by atoms with Crippen LogP contribution in [0.1, 0.15) is 24.8 Å². The zero-order valence-electron chi connectivity index (χ0n) is 16.9. The third kappa shape index (κ3) is 5.66. The lowest BCUT2D eigenvalue weighted by atomic mass is 9.76. The van der Waals surface area contributed by atoms with Gasteiger partial charge >= 0.3 is 5.97 Å². The molecule has 1 unspecified atom stereocenters. The minimum atomic E-state index is -0.236. The molecule has 1 aromatic carbocycles. The van der Waals surface area contributed by atoms with Gasteiger partial charge in [0.05, 0.1) is 19.6 Å². The molecule has 0 aliphatic carbocycles. The Hall–Kier alpha value is -1.21. The number of hydrogen-bond acceptors (Lipinski definition) is 6. The van der Waals surface area contributed by atoms with Crippen LogP contribution in [0.2, 0.25) is 0 Å². The first-order valence-corrected chi connectivity index (χ1v) is 9.37. The molecule has 0 radical (unpaired) electrons. The Balaban J connectivity index is 0.00000196. The van der Waals surface area contributed by atoms with Crippen LogP contribution in [0.4, 0.5) is 0 Å². The van der Waals surface area contributed by atoms with Gasteiger partial charge in [-0.25, -0.2) is 0 Å². The predicted octanol–water partition coefficient (Wildman–Crippen LogP) is 2.71. The number of halogens is 2. The lowest BCUT2D eigenvalue weighted by Crippen LogP contribution is -2.39. The van der Waals surface area contributed by atoms with Gasteiger partial charge in [-0.15, -0.1) is 24.8 Å². The zero-order valence-corrected chi connectivity index (χ0v) is 18.5. The molecule has 0 bridgehead atoms. The van der Waals surface area contributed by atoms with E-state index in [9.17, 15) is 4.79 Å². The summed E-state index contributed by atoms with van der Waals surface area (Å²) >= 11 is 0. The molecule has 8 heteroatoms. The van der Waals surface area contributed by atoms with E-state index in [1.54, 1.807) is 14.2 Å². The first-order valence-electron chi connectivity index (χ1n) is 9.37. The molecule has 2 saturated heterocycles. The number of piperidine rings is 1. The molecular formula is C20H32Cl2N2O4. The monoisotopic (exact) mass is 434 g/mol. The number of hydrogen-bond donors (Lipinski definition) is 1. The highest BCUT2D eigenvalue weighted by Gasteiger charge is 2.49. The van der Waals surface area contributed by atoms with Crippen molar-refractivity contribution in [1.82, 2.24) is 10.2 Å². The Morgan fingerprint density at radius 3 is 2.50 bits per heavy atom. The van der Waals surface area contributed by atoms with Gasteiger partial charge in [0.25, 0.3) is 0 Å².